The molecule has 0 aliphatic carbocycles. The lowest BCUT2D eigenvalue weighted by Crippen LogP contribution is -2.46. The van der Waals surface area contributed by atoms with Crippen LogP contribution in [0.1, 0.15) is 17.8 Å². The second kappa shape index (κ2) is 5.70. The number of fused-ring (bicyclic) bond motifs is 3. The molecule has 0 saturated carbocycles. The Morgan fingerprint density at radius 2 is 2.00 bits per heavy atom. The van der Waals surface area contributed by atoms with Crippen LogP contribution in [0.4, 0.5) is 14.6 Å². The maximum absolute atomic E-state index is 13.4. The second-order valence-corrected chi connectivity index (χ2v) is 7.07. The first-order valence-corrected chi connectivity index (χ1v) is 8.71. The Bertz CT molecular complexity index is 987. The van der Waals surface area contributed by atoms with E-state index in [2.05, 4.69) is 25.0 Å². The van der Waals surface area contributed by atoms with E-state index >= 15 is 0 Å². The van der Waals surface area contributed by atoms with Crippen LogP contribution in [-0.2, 0) is 6.54 Å². The van der Waals surface area contributed by atoms with Gasteiger partial charge in [0.2, 0.25) is 5.65 Å². The van der Waals surface area contributed by atoms with Gasteiger partial charge in [-0.2, -0.15) is 0 Å². The van der Waals surface area contributed by atoms with E-state index in [4.69, 9.17) is 0 Å². The quantitative estimate of drug-likeness (QED) is 0.720. The fraction of sp³-hybridized carbons (Fsp3) is 0.389. The molecular formula is C18H18F2N6. The van der Waals surface area contributed by atoms with Gasteiger partial charge in [0.25, 0.3) is 0 Å². The molecular weight excluding hydrogens is 338 g/mol. The minimum absolute atomic E-state index is 0.348. The minimum atomic E-state index is -0.800. The largest absolute Gasteiger partial charge is 0.348 e. The number of hydrogen-bond acceptors (Lipinski definition) is 5. The van der Waals surface area contributed by atoms with E-state index in [-0.39, 0.29) is 0 Å². The van der Waals surface area contributed by atoms with Crippen molar-refractivity contribution in [3.63, 3.8) is 0 Å². The highest BCUT2D eigenvalue weighted by molar-refractivity contribution is 5.65. The fourth-order valence-corrected chi connectivity index (χ4v) is 4.21. The standard InChI is InChI=1S/C18H18F2N6/c1-11-22-23-18-17(21-4-5-25(11)18)26-10-13-7-14(26)9-24(13)8-12-2-3-15(19)16(20)6-12/h2-6,13-14H,7-10H2,1H3. The number of likely N-dealkylation sites (tertiary alicyclic amines) is 1. The van der Waals surface area contributed by atoms with Crippen molar-refractivity contribution in [2.45, 2.75) is 32.0 Å². The van der Waals surface area contributed by atoms with E-state index < -0.39 is 11.6 Å². The third kappa shape index (κ3) is 2.36. The van der Waals surface area contributed by atoms with Crippen molar-refractivity contribution in [3.05, 3.63) is 53.6 Å². The van der Waals surface area contributed by atoms with Gasteiger partial charge in [-0.15, -0.1) is 10.2 Å². The summed E-state index contributed by atoms with van der Waals surface area (Å²) in [6.07, 6.45) is 4.70. The van der Waals surface area contributed by atoms with Crippen molar-refractivity contribution in [1.29, 1.82) is 0 Å². The van der Waals surface area contributed by atoms with Crippen LogP contribution >= 0.6 is 0 Å². The van der Waals surface area contributed by atoms with E-state index in [0.717, 1.165) is 42.4 Å². The lowest BCUT2D eigenvalue weighted by atomic mass is 10.2. The molecule has 26 heavy (non-hydrogen) atoms. The maximum atomic E-state index is 13.4. The van der Waals surface area contributed by atoms with Gasteiger partial charge in [0.15, 0.2) is 17.5 Å². The third-order valence-corrected chi connectivity index (χ3v) is 5.47. The number of anilines is 1. The first-order chi connectivity index (χ1) is 12.6. The molecule has 0 radical (unpaired) electrons. The molecule has 2 atom stereocenters. The van der Waals surface area contributed by atoms with Crippen LogP contribution in [0, 0.1) is 18.6 Å². The highest BCUT2D eigenvalue weighted by Crippen LogP contribution is 2.35. The van der Waals surface area contributed by atoms with Crippen LogP contribution in [0.15, 0.2) is 30.6 Å². The topological polar surface area (TPSA) is 49.6 Å². The SMILES string of the molecule is Cc1nnc2c(N3CC4CC3CN4Cc3ccc(F)c(F)c3)nccn12. The Morgan fingerprint density at radius 3 is 2.77 bits per heavy atom. The number of hydrogen-bond donors (Lipinski definition) is 0. The highest BCUT2D eigenvalue weighted by atomic mass is 19.2. The normalized spacial score (nSPS) is 22.7. The summed E-state index contributed by atoms with van der Waals surface area (Å²) < 4.78 is 28.5. The molecule has 3 aromatic rings. The number of benzene rings is 1. The Labute approximate surface area is 149 Å². The van der Waals surface area contributed by atoms with Gasteiger partial charge in [-0.25, -0.2) is 13.8 Å². The lowest BCUT2D eigenvalue weighted by Gasteiger charge is -2.34. The summed E-state index contributed by atoms with van der Waals surface area (Å²) in [6, 6.07) is 4.87. The number of aryl methyl sites for hydroxylation is 1. The van der Waals surface area contributed by atoms with Gasteiger partial charge >= 0.3 is 0 Å². The molecule has 6 nitrogen and oxygen atoms in total. The van der Waals surface area contributed by atoms with Crippen LogP contribution in [0.25, 0.3) is 5.65 Å². The Hall–Kier alpha value is -2.61. The number of piperazine rings is 1. The number of rotatable bonds is 3. The smallest absolute Gasteiger partial charge is 0.203 e. The first-order valence-electron chi connectivity index (χ1n) is 8.71. The molecule has 2 aromatic heterocycles. The molecule has 2 aliphatic heterocycles. The summed E-state index contributed by atoms with van der Waals surface area (Å²) in [6.45, 7) is 4.28. The molecule has 2 unspecified atom stereocenters. The molecule has 134 valence electrons. The predicted molar refractivity (Wildman–Crippen MR) is 91.8 cm³/mol. The summed E-state index contributed by atoms with van der Waals surface area (Å²) in [4.78, 5) is 9.18. The zero-order chi connectivity index (χ0) is 17.8. The molecule has 0 spiro atoms. The zero-order valence-electron chi connectivity index (χ0n) is 14.3. The minimum Gasteiger partial charge on any atom is -0.348 e. The van der Waals surface area contributed by atoms with E-state index in [9.17, 15) is 8.78 Å². The Balaban J connectivity index is 1.36. The monoisotopic (exact) mass is 356 g/mol. The van der Waals surface area contributed by atoms with E-state index in [1.165, 1.54) is 12.1 Å². The average molecular weight is 356 g/mol. The summed E-state index contributed by atoms with van der Waals surface area (Å²) in [5, 5.41) is 8.41. The first kappa shape index (κ1) is 15.6. The maximum Gasteiger partial charge on any atom is 0.203 e. The molecule has 4 heterocycles. The number of nitrogens with zero attached hydrogens (tertiary/aromatic N) is 6. The van der Waals surface area contributed by atoms with E-state index in [1.54, 1.807) is 12.3 Å². The Morgan fingerprint density at radius 1 is 1.12 bits per heavy atom. The van der Waals surface area contributed by atoms with Crippen molar-refractivity contribution in [3.8, 4) is 0 Å². The van der Waals surface area contributed by atoms with Crippen molar-refractivity contribution in [2.75, 3.05) is 18.0 Å². The molecule has 2 aliphatic rings. The lowest BCUT2D eigenvalue weighted by molar-refractivity contribution is 0.229. The third-order valence-electron chi connectivity index (χ3n) is 5.47. The molecule has 2 saturated heterocycles. The van der Waals surface area contributed by atoms with Crippen LogP contribution in [-0.4, -0.2) is 49.7 Å². The molecule has 0 N–H and O–H groups in total. The van der Waals surface area contributed by atoms with Crippen LogP contribution in [0.5, 0.6) is 0 Å². The average Bonchev–Trinajstić information content (AvgIpc) is 3.32. The second-order valence-electron chi connectivity index (χ2n) is 7.07. The van der Waals surface area contributed by atoms with Gasteiger partial charge in [0.05, 0.1) is 0 Å². The van der Waals surface area contributed by atoms with Gasteiger partial charge in [-0.3, -0.25) is 9.30 Å². The van der Waals surface area contributed by atoms with E-state index in [0.29, 0.717) is 18.6 Å². The molecule has 2 fully saturated rings. The van der Waals surface area contributed by atoms with E-state index in [1.807, 2.05) is 17.5 Å². The Kier molecular flexibility index (Phi) is 3.43. The molecule has 0 amide bonds. The number of halogens is 2. The highest BCUT2D eigenvalue weighted by Gasteiger charge is 2.44. The van der Waals surface area contributed by atoms with Crippen molar-refractivity contribution >= 4 is 11.5 Å². The van der Waals surface area contributed by atoms with Crippen molar-refractivity contribution in [1.82, 2.24) is 24.5 Å². The van der Waals surface area contributed by atoms with Crippen molar-refractivity contribution < 1.29 is 8.78 Å². The van der Waals surface area contributed by atoms with Crippen molar-refractivity contribution in [2.24, 2.45) is 0 Å². The summed E-state index contributed by atoms with van der Waals surface area (Å²) >= 11 is 0. The van der Waals surface area contributed by atoms with Gasteiger partial charge in [-0.05, 0) is 31.0 Å². The van der Waals surface area contributed by atoms with Gasteiger partial charge in [-0.1, -0.05) is 6.07 Å². The summed E-state index contributed by atoms with van der Waals surface area (Å²) in [7, 11) is 0. The molecule has 2 bridgehead atoms. The van der Waals surface area contributed by atoms with Crippen LogP contribution in [0.2, 0.25) is 0 Å². The summed E-state index contributed by atoms with van der Waals surface area (Å²) in [5.41, 5.74) is 1.58. The van der Waals surface area contributed by atoms with Crippen LogP contribution < -0.4 is 4.90 Å². The van der Waals surface area contributed by atoms with Gasteiger partial charge in [0, 0.05) is 44.1 Å². The number of aromatic nitrogens is 4. The van der Waals surface area contributed by atoms with Crippen LogP contribution in [0.3, 0.4) is 0 Å². The van der Waals surface area contributed by atoms with Gasteiger partial charge in [0.1, 0.15) is 5.82 Å². The van der Waals surface area contributed by atoms with Gasteiger partial charge < -0.3 is 4.90 Å². The fourth-order valence-electron chi connectivity index (χ4n) is 4.21. The zero-order valence-corrected chi connectivity index (χ0v) is 14.3. The molecule has 5 rings (SSSR count). The summed E-state index contributed by atoms with van der Waals surface area (Å²) in [5.74, 6) is 0.123. The molecule has 1 aromatic carbocycles. The predicted octanol–water partition coefficient (Wildman–Crippen LogP) is 2.17. The molecule has 8 heteroatoms.